The van der Waals surface area contributed by atoms with Crippen molar-refractivity contribution >= 4 is 18.0 Å². The zero-order valence-corrected chi connectivity index (χ0v) is 16.0. The molecule has 1 atom stereocenters. The molecule has 0 fully saturated rings. The second kappa shape index (κ2) is 9.09. The summed E-state index contributed by atoms with van der Waals surface area (Å²) in [6, 6.07) is 15.3. The normalized spacial score (nSPS) is 13.1. The smallest absolute Gasteiger partial charge is 0.407 e. The van der Waals surface area contributed by atoms with Crippen molar-refractivity contribution in [3.05, 3.63) is 59.7 Å². The van der Waals surface area contributed by atoms with Crippen LogP contribution < -0.4 is 22.5 Å². The number of amides is 2. The Labute approximate surface area is 169 Å². The van der Waals surface area contributed by atoms with Crippen molar-refractivity contribution in [2.75, 3.05) is 13.2 Å². The number of guanidine groups is 1. The first-order chi connectivity index (χ1) is 14.0. The third-order valence-electron chi connectivity index (χ3n) is 4.92. The predicted octanol–water partition coefficient (Wildman–Crippen LogP) is 1.43. The van der Waals surface area contributed by atoms with Gasteiger partial charge in [-0.1, -0.05) is 48.5 Å². The molecule has 0 saturated heterocycles. The number of hydrogen-bond donors (Lipinski definition) is 4. The Kier molecular flexibility index (Phi) is 6.33. The molecule has 0 radical (unpaired) electrons. The number of alkyl carbamates (subject to hydrolysis) is 1. The third-order valence-corrected chi connectivity index (χ3v) is 4.92. The van der Waals surface area contributed by atoms with Crippen molar-refractivity contribution in [2.45, 2.75) is 24.8 Å². The molecule has 7 N–H and O–H groups in total. The van der Waals surface area contributed by atoms with Crippen LogP contribution in [0.5, 0.6) is 0 Å². The number of nitrogens with two attached hydrogens (primary N) is 3. The Morgan fingerprint density at radius 2 is 1.59 bits per heavy atom. The molecule has 0 aliphatic heterocycles. The molecule has 1 aliphatic carbocycles. The molecule has 0 bridgehead atoms. The van der Waals surface area contributed by atoms with E-state index in [2.05, 4.69) is 22.4 Å². The van der Waals surface area contributed by atoms with Crippen LogP contribution in [0.15, 0.2) is 53.5 Å². The van der Waals surface area contributed by atoms with Crippen molar-refractivity contribution in [3.63, 3.8) is 0 Å². The molecule has 1 aliphatic rings. The lowest BCUT2D eigenvalue weighted by molar-refractivity contribution is -0.120. The fourth-order valence-corrected chi connectivity index (χ4v) is 3.57. The number of primary amides is 1. The average Bonchev–Trinajstić information content (AvgIpc) is 3.02. The highest BCUT2D eigenvalue weighted by Crippen LogP contribution is 2.44. The van der Waals surface area contributed by atoms with Gasteiger partial charge in [0.2, 0.25) is 5.91 Å². The van der Waals surface area contributed by atoms with Crippen LogP contribution in [-0.4, -0.2) is 37.2 Å². The topological polar surface area (TPSA) is 146 Å². The first-order valence-electron chi connectivity index (χ1n) is 9.43. The largest absolute Gasteiger partial charge is 0.449 e. The van der Waals surface area contributed by atoms with Crippen LogP contribution in [0.2, 0.25) is 0 Å². The van der Waals surface area contributed by atoms with Gasteiger partial charge in [0.25, 0.3) is 0 Å². The van der Waals surface area contributed by atoms with E-state index in [0.717, 1.165) is 22.3 Å². The highest BCUT2D eigenvalue weighted by atomic mass is 16.5. The van der Waals surface area contributed by atoms with Crippen molar-refractivity contribution in [2.24, 2.45) is 22.2 Å². The van der Waals surface area contributed by atoms with Crippen molar-refractivity contribution < 1.29 is 14.3 Å². The first kappa shape index (κ1) is 20.2. The van der Waals surface area contributed by atoms with E-state index in [0.29, 0.717) is 19.4 Å². The number of hydrogen-bond acceptors (Lipinski definition) is 4. The molecular weight excluding hydrogens is 370 g/mol. The molecule has 1 unspecified atom stereocenters. The summed E-state index contributed by atoms with van der Waals surface area (Å²) in [5.41, 5.74) is 20.4. The standard InChI is InChI=1S/C21H25N5O3/c22-19(27)18(10-5-11-25-20(23)24)26-21(28)29-12-17-15-8-3-1-6-13(15)14-7-2-4-9-16(14)17/h1-4,6-9,17-18H,5,10-12H2,(H2,22,27)(H,26,28)(H4,23,24,25). The van der Waals surface area contributed by atoms with E-state index in [-0.39, 0.29) is 18.5 Å². The number of nitrogens with zero attached hydrogens (tertiary/aromatic N) is 1. The Morgan fingerprint density at radius 3 is 2.14 bits per heavy atom. The van der Waals surface area contributed by atoms with Gasteiger partial charge in [-0.2, -0.15) is 0 Å². The van der Waals surface area contributed by atoms with Crippen LogP contribution in [0.4, 0.5) is 4.79 Å². The van der Waals surface area contributed by atoms with Crippen LogP contribution in [-0.2, 0) is 9.53 Å². The Hall–Kier alpha value is -3.55. The summed E-state index contributed by atoms with van der Waals surface area (Å²) < 4.78 is 5.44. The molecule has 0 spiro atoms. The van der Waals surface area contributed by atoms with Gasteiger partial charge < -0.3 is 27.3 Å². The van der Waals surface area contributed by atoms with E-state index in [1.807, 2.05) is 36.4 Å². The van der Waals surface area contributed by atoms with Crippen LogP contribution >= 0.6 is 0 Å². The van der Waals surface area contributed by atoms with Gasteiger partial charge in [0.15, 0.2) is 5.96 Å². The van der Waals surface area contributed by atoms with Crippen molar-refractivity contribution in [1.29, 1.82) is 0 Å². The van der Waals surface area contributed by atoms with Crippen LogP contribution in [0, 0.1) is 0 Å². The number of aliphatic imine (C=N–C) groups is 1. The molecule has 152 valence electrons. The van der Waals surface area contributed by atoms with E-state index < -0.39 is 18.0 Å². The van der Waals surface area contributed by atoms with E-state index in [4.69, 9.17) is 21.9 Å². The van der Waals surface area contributed by atoms with Gasteiger partial charge in [-0.15, -0.1) is 0 Å². The molecule has 2 aromatic rings. The molecule has 2 amide bonds. The molecule has 0 heterocycles. The Balaban J connectivity index is 1.60. The maximum Gasteiger partial charge on any atom is 0.407 e. The van der Waals surface area contributed by atoms with Gasteiger partial charge in [-0.05, 0) is 35.1 Å². The molecule has 2 aromatic carbocycles. The summed E-state index contributed by atoms with van der Waals surface area (Å²) in [6.07, 6.45) is 0.128. The summed E-state index contributed by atoms with van der Waals surface area (Å²) in [7, 11) is 0. The molecular formula is C21H25N5O3. The van der Waals surface area contributed by atoms with E-state index in [1.165, 1.54) is 0 Å². The van der Waals surface area contributed by atoms with Crippen molar-refractivity contribution in [1.82, 2.24) is 5.32 Å². The minimum absolute atomic E-state index is 0.0230. The maximum atomic E-state index is 12.3. The monoisotopic (exact) mass is 395 g/mol. The summed E-state index contributed by atoms with van der Waals surface area (Å²) in [6.45, 7) is 0.512. The summed E-state index contributed by atoms with van der Waals surface area (Å²) in [5, 5.41) is 2.53. The van der Waals surface area contributed by atoms with Gasteiger partial charge in [-0.3, -0.25) is 9.79 Å². The first-order valence-corrected chi connectivity index (χ1v) is 9.43. The third kappa shape index (κ3) is 4.84. The number of ether oxygens (including phenoxy) is 1. The van der Waals surface area contributed by atoms with Crippen LogP contribution in [0.25, 0.3) is 11.1 Å². The number of nitrogens with one attached hydrogen (secondary N) is 1. The average molecular weight is 395 g/mol. The predicted molar refractivity (Wildman–Crippen MR) is 111 cm³/mol. The zero-order chi connectivity index (χ0) is 20.8. The Morgan fingerprint density at radius 1 is 1.00 bits per heavy atom. The van der Waals surface area contributed by atoms with E-state index in [1.54, 1.807) is 0 Å². The lowest BCUT2D eigenvalue weighted by Gasteiger charge is -2.17. The fraction of sp³-hybridized carbons (Fsp3) is 0.286. The molecule has 0 saturated carbocycles. The SMILES string of the molecule is NC(=O)C(CCCN=C(N)N)NC(=O)OCC1c2ccccc2-c2ccccc21. The molecule has 8 nitrogen and oxygen atoms in total. The minimum Gasteiger partial charge on any atom is -0.449 e. The lowest BCUT2D eigenvalue weighted by Crippen LogP contribution is -2.45. The quantitative estimate of drug-likeness (QED) is 0.303. The second-order valence-electron chi connectivity index (χ2n) is 6.87. The highest BCUT2D eigenvalue weighted by molar-refractivity contribution is 5.84. The van der Waals surface area contributed by atoms with Gasteiger partial charge >= 0.3 is 6.09 Å². The van der Waals surface area contributed by atoms with Crippen LogP contribution in [0.1, 0.15) is 29.9 Å². The lowest BCUT2D eigenvalue weighted by atomic mass is 9.98. The number of carbonyl (C=O) groups excluding carboxylic acids is 2. The summed E-state index contributed by atoms with van der Waals surface area (Å²) >= 11 is 0. The molecule has 0 aromatic heterocycles. The Bertz CT molecular complexity index is 879. The minimum atomic E-state index is -0.847. The number of benzene rings is 2. The van der Waals surface area contributed by atoms with Gasteiger partial charge in [0, 0.05) is 12.5 Å². The number of carbonyl (C=O) groups is 2. The van der Waals surface area contributed by atoms with Crippen molar-refractivity contribution in [3.8, 4) is 11.1 Å². The van der Waals surface area contributed by atoms with E-state index in [9.17, 15) is 9.59 Å². The van der Waals surface area contributed by atoms with Gasteiger partial charge in [-0.25, -0.2) is 4.79 Å². The zero-order valence-electron chi connectivity index (χ0n) is 16.0. The van der Waals surface area contributed by atoms with Gasteiger partial charge in [0.1, 0.15) is 12.6 Å². The molecule has 3 rings (SSSR count). The van der Waals surface area contributed by atoms with Crippen LogP contribution in [0.3, 0.4) is 0 Å². The fourth-order valence-electron chi connectivity index (χ4n) is 3.57. The highest BCUT2D eigenvalue weighted by Gasteiger charge is 2.29. The maximum absolute atomic E-state index is 12.3. The number of fused-ring (bicyclic) bond motifs is 3. The summed E-state index contributed by atoms with van der Waals surface area (Å²) in [5.74, 6) is -0.713. The number of rotatable bonds is 8. The summed E-state index contributed by atoms with van der Waals surface area (Å²) in [4.78, 5) is 27.7. The van der Waals surface area contributed by atoms with E-state index >= 15 is 0 Å². The van der Waals surface area contributed by atoms with Gasteiger partial charge in [0.05, 0.1) is 0 Å². The second-order valence-corrected chi connectivity index (χ2v) is 6.87. The molecule has 29 heavy (non-hydrogen) atoms. The molecule has 8 heteroatoms.